The topological polar surface area (TPSA) is 69.7 Å². The van der Waals surface area contributed by atoms with E-state index in [-0.39, 0.29) is 12.1 Å². The Morgan fingerprint density at radius 3 is 2.38 bits per heavy atom. The number of rotatable bonds is 7. The molecule has 1 aliphatic heterocycles. The van der Waals surface area contributed by atoms with Gasteiger partial charge in [0, 0.05) is 38.3 Å². The van der Waals surface area contributed by atoms with Gasteiger partial charge in [0.15, 0.2) is 0 Å². The van der Waals surface area contributed by atoms with Crippen molar-refractivity contribution in [3.63, 3.8) is 0 Å². The second-order valence-corrected chi connectivity index (χ2v) is 7.88. The maximum absolute atomic E-state index is 13.9. The van der Waals surface area contributed by atoms with Gasteiger partial charge in [0.05, 0.1) is 24.2 Å². The van der Waals surface area contributed by atoms with Gasteiger partial charge >= 0.3 is 6.03 Å². The first kappa shape index (κ1) is 23.4. The van der Waals surface area contributed by atoms with Crippen LogP contribution >= 0.6 is 0 Å². The molecule has 0 unspecified atom stereocenters. The molecule has 1 saturated heterocycles. The average molecular weight is 468 g/mol. The fraction of sp³-hybridized carbons (Fsp3) is 0.280. The van der Waals surface area contributed by atoms with E-state index in [0.717, 1.165) is 5.82 Å². The van der Waals surface area contributed by atoms with Crippen molar-refractivity contribution in [3.8, 4) is 5.75 Å². The number of ether oxygens (including phenoxy) is 1. The summed E-state index contributed by atoms with van der Waals surface area (Å²) in [6.07, 6.45) is 1.60. The van der Waals surface area contributed by atoms with E-state index in [4.69, 9.17) is 4.74 Å². The maximum Gasteiger partial charge on any atom is 0.323 e. The average Bonchev–Trinajstić information content (AvgIpc) is 2.84. The number of nitrogens with zero attached hydrogens (tertiary/aromatic N) is 3. The summed E-state index contributed by atoms with van der Waals surface area (Å²) < 4.78 is 33.4. The highest BCUT2D eigenvalue weighted by molar-refractivity contribution is 6.00. The Balaban J connectivity index is 1.29. The first-order chi connectivity index (χ1) is 16.5. The molecule has 7 nitrogen and oxygen atoms in total. The third-order valence-electron chi connectivity index (χ3n) is 5.58. The molecule has 2 aromatic carbocycles. The zero-order valence-electron chi connectivity index (χ0n) is 18.9. The minimum Gasteiger partial charge on any atom is -0.492 e. The Hall–Kier alpha value is -3.72. The molecular weight excluding hydrogens is 440 g/mol. The van der Waals surface area contributed by atoms with Crippen LogP contribution in [-0.4, -0.2) is 48.7 Å². The molecule has 0 radical (unpaired) electrons. The molecule has 0 saturated carbocycles. The molecule has 9 heteroatoms. The van der Waals surface area contributed by atoms with Crippen molar-refractivity contribution in [2.75, 3.05) is 48.3 Å². The number of urea groups is 1. The number of benzene rings is 2. The van der Waals surface area contributed by atoms with E-state index in [0.29, 0.717) is 49.9 Å². The van der Waals surface area contributed by atoms with Crippen LogP contribution in [0.4, 0.5) is 30.8 Å². The lowest BCUT2D eigenvalue weighted by Crippen LogP contribution is -2.46. The zero-order chi connectivity index (χ0) is 23.9. The first-order valence-corrected chi connectivity index (χ1v) is 11.2. The summed E-state index contributed by atoms with van der Waals surface area (Å²) in [7, 11) is 0. The fourth-order valence-corrected chi connectivity index (χ4v) is 3.83. The minimum atomic E-state index is -0.516. The van der Waals surface area contributed by atoms with Gasteiger partial charge in [0.2, 0.25) is 0 Å². The van der Waals surface area contributed by atoms with Crippen LogP contribution in [0.3, 0.4) is 0 Å². The van der Waals surface area contributed by atoms with Crippen LogP contribution in [0.25, 0.3) is 0 Å². The maximum atomic E-state index is 13.9. The summed E-state index contributed by atoms with van der Waals surface area (Å²) in [4.78, 5) is 21.0. The molecule has 0 atom stereocenters. The van der Waals surface area contributed by atoms with E-state index >= 15 is 0 Å². The Labute approximate surface area is 197 Å². The van der Waals surface area contributed by atoms with Crippen LogP contribution in [0, 0.1) is 11.6 Å². The molecule has 4 rings (SSSR count). The number of halogens is 2. The van der Waals surface area contributed by atoms with E-state index in [2.05, 4.69) is 20.5 Å². The number of nitrogens with one attached hydrogen (secondary N) is 2. The smallest absolute Gasteiger partial charge is 0.323 e. The van der Waals surface area contributed by atoms with Gasteiger partial charge in [-0.3, -0.25) is 4.90 Å². The number of carbonyl (C=O) groups is 1. The molecule has 2 heterocycles. The van der Waals surface area contributed by atoms with Gasteiger partial charge in [0.25, 0.3) is 0 Å². The monoisotopic (exact) mass is 467 g/mol. The SMILES string of the molecule is CCOc1ccccc1NC(=O)Nc1ccc(N2CCN(Cc3c(F)cccc3F)CC2)nc1. The van der Waals surface area contributed by atoms with Gasteiger partial charge in [-0.05, 0) is 43.3 Å². The second kappa shape index (κ2) is 10.9. The highest BCUT2D eigenvalue weighted by atomic mass is 19.1. The molecule has 1 fully saturated rings. The number of hydrogen-bond acceptors (Lipinski definition) is 5. The number of piperazine rings is 1. The standard InChI is InChI=1S/C25H27F2N5O2/c1-2-34-23-9-4-3-8-22(23)30-25(33)29-18-10-11-24(28-16-18)32-14-12-31(13-15-32)17-19-20(26)6-5-7-21(19)27/h3-11,16H,2,12-15,17H2,1H3,(H2,29,30,33). The lowest BCUT2D eigenvalue weighted by molar-refractivity contribution is 0.242. The van der Waals surface area contributed by atoms with Crippen LogP contribution in [0.15, 0.2) is 60.8 Å². The van der Waals surface area contributed by atoms with Crippen molar-refractivity contribution in [2.24, 2.45) is 0 Å². The predicted octanol–water partition coefficient (Wildman–Crippen LogP) is 4.72. The molecule has 34 heavy (non-hydrogen) atoms. The van der Waals surface area contributed by atoms with Gasteiger partial charge < -0.3 is 20.3 Å². The van der Waals surface area contributed by atoms with E-state index < -0.39 is 17.7 Å². The number of amides is 2. The Kier molecular flexibility index (Phi) is 7.54. The molecule has 2 N–H and O–H groups in total. The number of carbonyl (C=O) groups excluding carboxylic acids is 1. The summed E-state index contributed by atoms with van der Waals surface area (Å²) in [5.74, 6) is 0.352. The summed E-state index contributed by atoms with van der Waals surface area (Å²) in [6.45, 7) is 5.32. The lowest BCUT2D eigenvalue weighted by Gasteiger charge is -2.35. The van der Waals surface area contributed by atoms with Crippen LogP contribution in [-0.2, 0) is 6.54 Å². The number of para-hydroxylation sites is 2. The predicted molar refractivity (Wildman–Crippen MR) is 128 cm³/mol. The molecule has 0 bridgehead atoms. The van der Waals surface area contributed by atoms with Gasteiger partial charge in [0.1, 0.15) is 23.2 Å². The normalized spacial score (nSPS) is 14.0. The van der Waals surface area contributed by atoms with Crippen molar-refractivity contribution in [1.29, 1.82) is 0 Å². The fourth-order valence-electron chi connectivity index (χ4n) is 3.83. The van der Waals surface area contributed by atoms with Gasteiger partial charge in [-0.25, -0.2) is 18.6 Å². The van der Waals surface area contributed by atoms with Gasteiger partial charge in [-0.15, -0.1) is 0 Å². The quantitative estimate of drug-likeness (QED) is 0.526. The molecule has 3 aromatic rings. The first-order valence-electron chi connectivity index (χ1n) is 11.2. The highest BCUT2D eigenvalue weighted by Gasteiger charge is 2.20. The van der Waals surface area contributed by atoms with E-state index in [1.165, 1.54) is 18.2 Å². The molecule has 1 aromatic heterocycles. The number of pyridine rings is 1. The Bertz CT molecular complexity index is 1100. The summed E-state index contributed by atoms with van der Waals surface area (Å²) in [5.41, 5.74) is 1.25. The van der Waals surface area contributed by atoms with Crippen molar-refractivity contribution in [2.45, 2.75) is 13.5 Å². The summed E-state index contributed by atoms with van der Waals surface area (Å²) in [5, 5.41) is 5.55. The van der Waals surface area contributed by atoms with Crippen molar-refractivity contribution in [3.05, 3.63) is 78.0 Å². The van der Waals surface area contributed by atoms with Gasteiger partial charge in [-0.2, -0.15) is 0 Å². The van der Waals surface area contributed by atoms with E-state index in [9.17, 15) is 13.6 Å². The van der Waals surface area contributed by atoms with Crippen molar-refractivity contribution >= 4 is 23.2 Å². The van der Waals surface area contributed by atoms with Crippen LogP contribution < -0.4 is 20.3 Å². The zero-order valence-corrected chi connectivity index (χ0v) is 18.9. The molecule has 0 spiro atoms. The van der Waals surface area contributed by atoms with Crippen LogP contribution in [0.2, 0.25) is 0 Å². The third kappa shape index (κ3) is 5.79. The number of anilines is 3. The molecule has 2 amide bonds. The Morgan fingerprint density at radius 1 is 0.971 bits per heavy atom. The number of aromatic nitrogens is 1. The van der Waals surface area contributed by atoms with Crippen molar-refractivity contribution in [1.82, 2.24) is 9.88 Å². The van der Waals surface area contributed by atoms with Crippen LogP contribution in [0.5, 0.6) is 5.75 Å². The lowest BCUT2D eigenvalue weighted by atomic mass is 10.1. The van der Waals surface area contributed by atoms with Crippen molar-refractivity contribution < 1.29 is 18.3 Å². The molecule has 178 valence electrons. The van der Waals surface area contributed by atoms with Gasteiger partial charge in [-0.1, -0.05) is 18.2 Å². The Morgan fingerprint density at radius 2 is 1.71 bits per heavy atom. The summed E-state index contributed by atoms with van der Waals surface area (Å²) >= 11 is 0. The van der Waals surface area contributed by atoms with E-state index in [1.807, 2.05) is 30.0 Å². The third-order valence-corrected chi connectivity index (χ3v) is 5.58. The summed E-state index contributed by atoms with van der Waals surface area (Å²) in [6, 6.07) is 14.4. The van der Waals surface area contributed by atoms with Crippen LogP contribution in [0.1, 0.15) is 12.5 Å². The largest absolute Gasteiger partial charge is 0.492 e. The molecule has 1 aliphatic rings. The second-order valence-electron chi connectivity index (χ2n) is 7.88. The minimum absolute atomic E-state index is 0.103. The van der Waals surface area contributed by atoms with E-state index in [1.54, 1.807) is 24.4 Å². The molecular formula is C25H27F2N5O2. The molecule has 0 aliphatic carbocycles. The number of hydrogen-bond donors (Lipinski definition) is 2. The highest BCUT2D eigenvalue weighted by Crippen LogP contribution is 2.24.